The van der Waals surface area contributed by atoms with Crippen molar-refractivity contribution < 1.29 is 33.8 Å². The number of nitrogens with two attached hydrogens (primary N) is 1. The Morgan fingerprint density at radius 3 is 2.20 bits per heavy atom. The van der Waals surface area contributed by atoms with Crippen LogP contribution in [-0.4, -0.2) is 47.3 Å². The van der Waals surface area contributed by atoms with Gasteiger partial charge in [0.1, 0.15) is 0 Å². The maximum Gasteiger partial charge on any atom is 0.410 e. The number of halogens is 1. The minimum absolute atomic E-state index is 0.137. The number of carboxylic acid groups (broad SMARTS) is 1. The standard InChI is InChI=1S/C25H35BrN2O7/c1-15(2)23(32)34-16(3)35-24(33)28-19(13-17-7-9-18(26)10-8-17)21(31)22(27)25(14-20(29)30)11-5-4-6-12-25/h7-10,15-16,19,22H,4-6,11-14,27H2,1-3H3,(H,28,33)(H,29,30)/t16?,19-,22?/m0/s1. The van der Waals surface area contributed by atoms with Gasteiger partial charge >= 0.3 is 18.0 Å². The number of carbonyl (C=O) groups excluding carboxylic acids is 3. The molecule has 0 spiro atoms. The zero-order valence-corrected chi connectivity index (χ0v) is 22.0. The van der Waals surface area contributed by atoms with Crippen molar-refractivity contribution in [2.75, 3.05) is 0 Å². The third kappa shape index (κ3) is 8.61. The number of esters is 1. The summed E-state index contributed by atoms with van der Waals surface area (Å²) in [4.78, 5) is 49.6. The van der Waals surface area contributed by atoms with Gasteiger partial charge in [-0.25, -0.2) is 4.79 Å². The van der Waals surface area contributed by atoms with Gasteiger partial charge in [-0.3, -0.25) is 14.4 Å². The number of Topliss-reactive ketones (excluding diaryl/α,β-unsaturated/α-hetero) is 1. The second-order valence-electron chi connectivity index (χ2n) is 9.47. The average molecular weight is 555 g/mol. The van der Waals surface area contributed by atoms with Crippen LogP contribution >= 0.6 is 15.9 Å². The van der Waals surface area contributed by atoms with E-state index in [4.69, 9.17) is 15.2 Å². The van der Waals surface area contributed by atoms with Crippen molar-refractivity contribution in [2.45, 2.75) is 84.1 Å². The molecule has 0 radical (unpaired) electrons. The van der Waals surface area contributed by atoms with Crippen molar-refractivity contribution >= 4 is 39.7 Å². The van der Waals surface area contributed by atoms with Gasteiger partial charge < -0.3 is 25.6 Å². The predicted octanol–water partition coefficient (Wildman–Crippen LogP) is 3.95. The van der Waals surface area contributed by atoms with Crippen LogP contribution in [0.1, 0.15) is 64.9 Å². The number of hydrogen-bond acceptors (Lipinski definition) is 7. The highest BCUT2D eigenvalue weighted by molar-refractivity contribution is 9.10. The molecule has 9 nitrogen and oxygen atoms in total. The van der Waals surface area contributed by atoms with Crippen molar-refractivity contribution in [1.82, 2.24) is 5.32 Å². The van der Waals surface area contributed by atoms with Crippen LogP contribution in [0.2, 0.25) is 0 Å². The molecule has 194 valence electrons. The SMILES string of the molecule is CC(OC(=O)N[C@@H](Cc1ccc(Br)cc1)C(=O)C(N)C1(CC(=O)O)CCCCC1)OC(=O)C(C)C. The maximum absolute atomic E-state index is 13.6. The lowest BCUT2D eigenvalue weighted by atomic mass is 9.65. The van der Waals surface area contributed by atoms with Crippen molar-refractivity contribution in [3.63, 3.8) is 0 Å². The van der Waals surface area contributed by atoms with Crippen molar-refractivity contribution in [3.8, 4) is 0 Å². The van der Waals surface area contributed by atoms with Crippen LogP contribution in [0.15, 0.2) is 28.7 Å². The molecule has 35 heavy (non-hydrogen) atoms. The molecule has 0 aliphatic heterocycles. The Morgan fingerprint density at radius 2 is 1.66 bits per heavy atom. The highest BCUT2D eigenvalue weighted by Gasteiger charge is 2.45. The molecule has 0 saturated heterocycles. The molecule has 2 unspecified atom stereocenters. The normalized spacial score (nSPS) is 17.7. The van der Waals surface area contributed by atoms with E-state index in [9.17, 15) is 24.3 Å². The molecular weight excluding hydrogens is 520 g/mol. The van der Waals surface area contributed by atoms with Gasteiger partial charge in [0.2, 0.25) is 6.29 Å². The van der Waals surface area contributed by atoms with Crippen LogP contribution in [0.4, 0.5) is 4.79 Å². The average Bonchev–Trinajstić information content (AvgIpc) is 2.79. The van der Waals surface area contributed by atoms with Gasteiger partial charge in [0.15, 0.2) is 5.78 Å². The van der Waals surface area contributed by atoms with E-state index in [0.29, 0.717) is 12.8 Å². The highest BCUT2D eigenvalue weighted by atomic mass is 79.9. The lowest BCUT2D eigenvalue weighted by molar-refractivity contribution is -0.168. The molecule has 3 atom stereocenters. The molecule has 10 heteroatoms. The van der Waals surface area contributed by atoms with Crippen molar-refractivity contribution in [2.24, 2.45) is 17.1 Å². The van der Waals surface area contributed by atoms with E-state index in [1.807, 2.05) is 24.3 Å². The number of amides is 1. The molecule has 0 aromatic heterocycles. The molecule has 1 amide bonds. The summed E-state index contributed by atoms with van der Waals surface area (Å²) in [6, 6.07) is 5.12. The van der Waals surface area contributed by atoms with E-state index in [0.717, 1.165) is 29.3 Å². The number of carbonyl (C=O) groups is 4. The lowest BCUT2D eigenvalue weighted by Crippen LogP contribution is -2.57. The maximum atomic E-state index is 13.6. The van der Waals surface area contributed by atoms with Gasteiger partial charge in [-0.15, -0.1) is 0 Å². The van der Waals surface area contributed by atoms with Gasteiger partial charge in [0.05, 0.1) is 24.4 Å². The molecule has 2 rings (SSSR count). The van der Waals surface area contributed by atoms with Gasteiger partial charge in [-0.05, 0) is 37.0 Å². The summed E-state index contributed by atoms with van der Waals surface area (Å²) in [6.45, 7) is 4.71. The van der Waals surface area contributed by atoms with Gasteiger partial charge in [0, 0.05) is 16.8 Å². The summed E-state index contributed by atoms with van der Waals surface area (Å²) >= 11 is 3.37. The number of nitrogens with one attached hydrogen (secondary N) is 1. The Hall–Kier alpha value is -2.46. The molecule has 1 aliphatic carbocycles. The van der Waals surface area contributed by atoms with E-state index < -0.39 is 53.5 Å². The number of aliphatic carboxylic acids is 1. The van der Waals surface area contributed by atoms with Crippen LogP contribution in [0.3, 0.4) is 0 Å². The van der Waals surface area contributed by atoms with Crippen LogP contribution in [0, 0.1) is 11.3 Å². The third-order valence-electron chi connectivity index (χ3n) is 6.33. The van der Waals surface area contributed by atoms with Crippen LogP contribution in [0.5, 0.6) is 0 Å². The first kappa shape index (κ1) is 28.8. The Labute approximate surface area is 214 Å². The largest absolute Gasteiger partial charge is 0.481 e. The quantitative estimate of drug-likeness (QED) is 0.275. The van der Waals surface area contributed by atoms with Crippen LogP contribution < -0.4 is 11.1 Å². The fourth-order valence-corrected chi connectivity index (χ4v) is 4.67. The molecule has 1 aromatic rings. The fraction of sp³-hybridized carbons (Fsp3) is 0.600. The zero-order chi connectivity index (χ0) is 26.2. The smallest absolute Gasteiger partial charge is 0.410 e. The second-order valence-corrected chi connectivity index (χ2v) is 10.4. The molecule has 1 fully saturated rings. The van der Waals surface area contributed by atoms with Crippen molar-refractivity contribution in [3.05, 3.63) is 34.3 Å². The molecule has 1 aromatic carbocycles. The van der Waals surface area contributed by atoms with Crippen LogP contribution in [0.25, 0.3) is 0 Å². The number of benzene rings is 1. The monoisotopic (exact) mass is 554 g/mol. The van der Waals surface area contributed by atoms with Gasteiger partial charge in [-0.2, -0.15) is 0 Å². The number of hydrogen-bond donors (Lipinski definition) is 3. The summed E-state index contributed by atoms with van der Waals surface area (Å²) < 4.78 is 11.1. The summed E-state index contributed by atoms with van der Waals surface area (Å²) in [6.07, 6.45) is 1.44. The van der Waals surface area contributed by atoms with E-state index >= 15 is 0 Å². The van der Waals surface area contributed by atoms with Gasteiger partial charge in [-0.1, -0.05) is 61.2 Å². The van der Waals surface area contributed by atoms with Crippen LogP contribution in [-0.2, 0) is 30.3 Å². The first-order valence-electron chi connectivity index (χ1n) is 11.9. The highest BCUT2D eigenvalue weighted by Crippen LogP contribution is 2.42. The van der Waals surface area contributed by atoms with E-state index in [2.05, 4.69) is 21.2 Å². The number of alkyl carbamates (subject to hydrolysis) is 1. The minimum Gasteiger partial charge on any atom is -0.481 e. The number of ether oxygens (including phenoxy) is 2. The van der Waals surface area contributed by atoms with E-state index in [-0.39, 0.29) is 12.8 Å². The van der Waals surface area contributed by atoms with E-state index in [1.165, 1.54) is 6.92 Å². The zero-order valence-electron chi connectivity index (χ0n) is 20.4. The van der Waals surface area contributed by atoms with E-state index in [1.54, 1.807) is 13.8 Å². The summed E-state index contributed by atoms with van der Waals surface area (Å²) in [5.74, 6) is -2.38. The summed E-state index contributed by atoms with van der Waals surface area (Å²) in [5.41, 5.74) is 6.35. The topological polar surface area (TPSA) is 145 Å². The molecule has 4 N–H and O–H groups in total. The fourth-order valence-electron chi connectivity index (χ4n) is 4.40. The third-order valence-corrected chi connectivity index (χ3v) is 6.86. The Balaban J connectivity index is 2.22. The Morgan fingerprint density at radius 1 is 1.06 bits per heavy atom. The Kier molecular flexibility index (Phi) is 10.7. The lowest BCUT2D eigenvalue weighted by Gasteiger charge is -2.41. The Bertz CT molecular complexity index is 898. The second kappa shape index (κ2) is 13.0. The molecule has 1 saturated carbocycles. The predicted molar refractivity (Wildman–Crippen MR) is 132 cm³/mol. The van der Waals surface area contributed by atoms with Gasteiger partial charge in [0.25, 0.3) is 0 Å². The summed E-state index contributed by atoms with van der Waals surface area (Å²) in [7, 11) is 0. The molecular formula is C25H35BrN2O7. The molecule has 0 bridgehead atoms. The number of carboxylic acids is 1. The summed E-state index contributed by atoms with van der Waals surface area (Å²) in [5, 5.41) is 12.1. The molecule has 0 heterocycles. The number of rotatable bonds is 11. The molecule has 1 aliphatic rings. The number of ketones is 1. The minimum atomic E-state index is -1.15. The first-order valence-corrected chi connectivity index (χ1v) is 12.7. The first-order chi connectivity index (χ1) is 16.4. The van der Waals surface area contributed by atoms with Crippen molar-refractivity contribution in [1.29, 1.82) is 0 Å².